The molecule has 26 heavy (non-hydrogen) atoms. The maximum atomic E-state index is 12.1. The topological polar surface area (TPSA) is 68.5 Å². The molecule has 0 aliphatic carbocycles. The molecule has 0 saturated heterocycles. The van der Waals surface area contributed by atoms with Crippen LogP contribution in [-0.4, -0.2) is 5.91 Å². The van der Waals surface area contributed by atoms with Gasteiger partial charge in [-0.25, -0.2) is 0 Å². The lowest BCUT2D eigenvalue weighted by Gasteiger charge is -2.07. The SMILES string of the molecule is O=C(NCc1ccccc1Cl)c1cc(=O)c(OCc2ccccc2)co1. The first-order chi connectivity index (χ1) is 12.6. The Bertz CT molecular complexity index is 953. The van der Waals surface area contributed by atoms with E-state index in [2.05, 4.69) is 5.32 Å². The number of carbonyl (C=O) groups excluding carboxylic acids is 1. The summed E-state index contributed by atoms with van der Waals surface area (Å²) < 4.78 is 10.7. The molecule has 0 atom stereocenters. The minimum absolute atomic E-state index is 0.0523. The zero-order valence-corrected chi connectivity index (χ0v) is 14.5. The van der Waals surface area contributed by atoms with Crippen LogP contribution in [0, 0.1) is 0 Å². The molecule has 0 radical (unpaired) electrons. The summed E-state index contributed by atoms with van der Waals surface area (Å²) in [6, 6.07) is 17.7. The van der Waals surface area contributed by atoms with Crippen molar-refractivity contribution in [3.8, 4) is 5.75 Å². The molecular formula is C20H16ClNO4. The summed E-state index contributed by atoms with van der Waals surface area (Å²) in [6.07, 6.45) is 1.15. The molecule has 0 fully saturated rings. The molecule has 0 unspecified atom stereocenters. The van der Waals surface area contributed by atoms with E-state index >= 15 is 0 Å². The van der Waals surface area contributed by atoms with Gasteiger partial charge in [-0.3, -0.25) is 9.59 Å². The molecule has 2 aromatic carbocycles. The van der Waals surface area contributed by atoms with Gasteiger partial charge >= 0.3 is 0 Å². The highest BCUT2D eigenvalue weighted by atomic mass is 35.5. The summed E-state index contributed by atoms with van der Waals surface area (Å²) in [7, 11) is 0. The third-order valence-electron chi connectivity index (χ3n) is 3.66. The molecule has 0 saturated carbocycles. The molecule has 1 amide bonds. The second kappa shape index (κ2) is 8.36. The van der Waals surface area contributed by atoms with E-state index in [0.29, 0.717) is 5.02 Å². The fourth-order valence-corrected chi connectivity index (χ4v) is 2.47. The van der Waals surface area contributed by atoms with E-state index in [1.54, 1.807) is 18.2 Å². The fourth-order valence-electron chi connectivity index (χ4n) is 2.26. The van der Waals surface area contributed by atoms with Crippen LogP contribution in [0.1, 0.15) is 21.7 Å². The molecule has 1 aromatic heterocycles. The number of benzene rings is 2. The molecule has 1 heterocycles. The minimum Gasteiger partial charge on any atom is -0.482 e. The van der Waals surface area contributed by atoms with Crippen LogP contribution >= 0.6 is 11.6 Å². The van der Waals surface area contributed by atoms with Gasteiger partial charge in [0.25, 0.3) is 5.91 Å². The van der Waals surface area contributed by atoms with E-state index in [0.717, 1.165) is 23.5 Å². The standard InChI is InChI=1S/C20H16ClNO4/c21-16-9-5-4-8-15(16)11-22-20(24)18-10-17(23)19(13-26-18)25-12-14-6-2-1-3-7-14/h1-10,13H,11-12H2,(H,22,24). The van der Waals surface area contributed by atoms with Crippen LogP contribution in [0.5, 0.6) is 5.75 Å². The molecule has 0 aliphatic rings. The number of hydrogen-bond donors (Lipinski definition) is 1. The molecule has 0 aliphatic heterocycles. The zero-order chi connectivity index (χ0) is 18.4. The van der Waals surface area contributed by atoms with E-state index < -0.39 is 11.3 Å². The van der Waals surface area contributed by atoms with Crippen LogP contribution in [0.15, 0.2) is 76.1 Å². The number of amides is 1. The van der Waals surface area contributed by atoms with Crippen LogP contribution in [0.4, 0.5) is 0 Å². The predicted octanol–water partition coefficient (Wildman–Crippen LogP) is 3.80. The van der Waals surface area contributed by atoms with Crippen molar-refractivity contribution in [2.24, 2.45) is 0 Å². The monoisotopic (exact) mass is 369 g/mol. The number of carbonyl (C=O) groups is 1. The van der Waals surface area contributed by atoms with Gasteiger partial charge in [0, 0.05) is 17.6 Å². The Balaban J connectivity index is 1.62. The van der Waals surface area contributed by atoms with E-state index in [1.165, 1.54) is 0 Å². The first kappa shape index (κ1) is 17.8. The van der Waals surface area contributed by atoms with Crippen molar-refractivity contribution in [2.75, 3.05) is 0 Å². The van der Waals surface area contributed by atoms with Gasteiger partial charge in [-0.2, -0.15) is 0 Å². The molecular weight excluding hydrogens is 354 g/mol. The number of halogens is 1. The highest BCUT2D eigenvalue weighted by Gasteiger charge is 2.12. The van der Waals surface area contributed by atoms with Crippen molar-refractivity contribution in [1.82, 2.24) is 5.32 Å². The van der Waals surface area contributed by atoms with E-state index in [1.807, 2.05) is 36.4 Å². The molecule has 5 nitrogen and oxygen atoms in total. The summed E-state index contributed by atoms with van der Waals surface area (Å²) in [6.45, 7) is 0.470. The van der Waals surface area contributed by atoms with Gasteiger partial charge in [-0.1, -0.05) is 60.1 Å². The van der Waals surface area contributed by atoms with Crippen LogP contribution in [-0.2, 0) is 13.2 Å². The summed E-state index contributed by atoms with van der Waals surface area (Å²) in [5, 5.41) is 3.22. The van der Waals surface area contributed by atoms with Gasteiger partial charge in [0.15, 0.2) is 5.76 Å². The van der Waals surface area contributed by atoms with Gasteiger partial charge in [-0.15, -0.1) is 0 Å². The Morgan fingerprint density at radius 1 is 1.08 bits per heavy atom. The maximum Gasteiger partial charge on any atom is 0.287 e. The fraction of sp³-hybridized carbons (Fsp3) is 0.100. The Kier molecular flexibility index (Phi) is 5.71. The van der Waals surface area contributed by atoms with Crippen molar-refractivity contribution in [2.45, 2.75) is 13.2 Å². The molecule has 132 valence electrons. The summed E-state index contributed by atoms with van der Waals surface area (Å²) in [4.78, 5) is 24.3. The van der Waals surface area contributed by atoms with Crippen LogP contribution < -0.4 is 15.5 Å². The lowest BCUT2D eigenvalue weighted by molar-refractivity contribution is 0.0919. The molecule has 1 N–H and O–H groups in total. The quantitative estimate of drug-likeness (QED) is 0.717. The first-order valence-corrected chi connectivity index (χ1v) is 8.32. The largest absolute Gasteiger partial charge is 0.482 e. The normalized spacial score (nSPS) is 10.3. The van der Waals surface area contributed by atoms with E-state index in [-0.39, 0.29) is 24.7 Å². The first-order valence-electron chi connectivity index (χ1n) is 7.94. The van der Waals surface area contributed by atoms with Crippen molar-refractivity contribution in [1.29, 1.82) is 0 Å². The Hall–Kier alpha value is -3.05. The second-order valence-electron chi connectivity index (χ2n) is 5.52. The summed E-state index contributed by atoms with van der Waals surface area (Å²) in [5.74, 6) is -0.540. The predicted molar refractivity (Wildman–Crippen MR) is 98.4 cm³/mol. The number of rotatable bonds is 6. The smallest absolute Gasteiger partial charge is 0.287 e. The van der Waals surface area contributed by atoms with Crippen LogP contribution in [0.2, 0.25) is 5.02 Å². The number of hydrogen-bond acceptors (Lipinski definition) is 4. The molecule has 0 bridgehead atoms. The number of ether oxygens (including phenoxy) is 1. The molecule has 3 aromatic rings. The Morgan fingerprint density at radius 2 is 1.81 bits per heavy atom. The Morgan fingerprint density at radius 3 is 2.54 bits per heavy atom. The second-order valence-corrected chi connectivity index (χ2v) is 5.93. The Labute approximate surface area is 155 Å². The highest BCUT2D eigenvalue weighted by Crippen LogP contribution is 2.15. The average Bonchev–Trinajstić information content (AvgIpc) is 2.67. The zero-order valence-electron chi connectivity index (χ0n) is 13.8. The molecule has 0 spiro atoms. The lowest BCUT2D eigenvalue weighted by Crippen LogP contribution is -2.24. The van der Waals surface area contributed by atoms with Crippen molar-refractivity contribution < 1.29 is 13.9 Å². The number of nitrogens with one attached hydrogen (secondary N) is 1. The van der Waals surface area contributed by atoms with Gasteiger partial charge in [0.2, 0.25) is 11.2 Å². The van der Waals surface area contributed by atoms with Crippen molar-refractivity contribution in [3.05, 3.63) is 99.1 Å². The van der Waals surface area contributed by atoms with Gasteiger partial charge < -0.3 is 14.5 Å². The van der Waals surface area contributed by atoms with Crippen molar-refractivity contribution >= 4 is 17.5 Å². The third-order valence-corrected chi connectivity index (χ3v) is 4.02. The van der Waals surface area contributed by atoms with Gasteiger partial charge in [0.05, 0.1) is 0 Å². The van der Waals surface area contributed by atoms with Crippen LogP contribution in [0.3, 0.4) is 0 Å². The van der Waals surface area contributed by atoms with E-state index in [9.17, 15) is 9.59 Å². The third kappa shape index (κ3) is 4.52. The van der Waals surface area contributed by atoms with Gasteiger partial charge in [-0.05, 0) is 17.2 Å². The maximum absolute atomic E-state index is 12.1. The molecule has 6 heteroatoms. The van der Waals surface area contributed by atoms with Crippen molar-refractivity contribution in [3.63, 3.8) is 0 Å². The minimum atomic E-state index is -0.503. The van der Waals surface area contributed by atoms with Gasteiger partial charge in [0.1, 0.15) is 12.9 Å². The lowest BCUT2D eigenvalue weighted by atomic mass is 10.2. The van der Waals surface area contributed by atoms with Crippen LogP contribution in [0.25, 0.3) is 0 Å². The molecule has 3 rings (SSSR count). The summed E-state index contributed by atoms with van der Waals surface area (Å²) in [5.41, 5.74) is 1.27. The summed E-state index contributed by atoms with van der Waals surface area (Å²) >= 11 is 6.04. The average molecular weight is 370 g/mol. The van der Waals surface area contributed by atoms with E-state index in [4.69, 9.17) is 20.8 Å². The highest BCUT2D eigenvalue weighted by molar-refractivity contribution is 6.31.